The molecule has 15 heavy (non-hydrogen) atoms. The van der Waals surface area contributed by atoms with Gasteiger partial charge in [0.15, 0.2) is 0 Å². The van der Waals surface area contributed by atoms with Crippen molar-refractivity contribution < 1.29 is 0 Å². The lowest BCUT2D eigenvalue weighted by Gasteiger charge is -2.27. The molecule has 2 N–H and O–H groups in total. The van der Waals surface area contributed by atoms with Gasteiger partial charge in [-0.1, -0.05) is 36.6 Å². The molecule has 0 unspecified atom stereocenters. The van der Waals surface area contributed by atoms with E-state index in [1.54, 1.807) is 0 Å². The van der Waals surface area contributed by atoms with Crippen LogP contribution in [-0.4, -0.2) is 0 Å². The molecular formula is C13H18ClN. The average molecular weight is 224 g/mol. The van der Waals surface area contributed by atoms with Crippen molar-refractivity contribution in [3.05, 3.63) is 33.8 Å². The minimum absolute atomic E-state index is 0.124. The van der Waals surface area contributed by atoms with Crippen molar-refractivity contribution in [3.8, 4) is 0 Å². The first-order valence-electron chi connectivity index (χ1n) is 5.60. The van der Waals surface area contributed by atoms with Gasteiger partial charge in [-0.3, -0.25) is 0 Å². The third-order valence-corrected chi connectivity index (χ3v) is 4.19. The summed E-state index contributed by atoms with van der Waals surface area (Å²) < 4.78 is 0. The van der Waals surface area contributed by atoms with E-state index < -0.39 is 0 Å². The van der Waals surface area contributed by atoms with Crippen molar-refractivity contribution in [2.45, 2.75) is 45.1 Å². The Morgan fingerprint density at radius 1 is 1.20 bits per heavy atom. The number of halogens is 1. The van der Waals surface area contributed by atoms with E-state index >= 15 is 0 Å². The molecule has 1 aromatic rings. The van der Waals surface area contributed by atoms with Crippen LogP contribution in [0.15, 0.2) is 12.1 Å². The van der Waals surface area contributed by atoms with Crippen molar-refractivity contribution in [1.82, 2.24) is 0 Å². The smallest absolute Gasteiger partial charge is 0.0467 e. The molecule has 2 rings (SSSR count). The second kappa shape index (κ2) is 3.80. The molecule has 1 nitrogen and oxygen atoms in total. The van der Waals surface area contributed by atoms with Crippen LogP contribution >= 0.6 is 11.6 Å². The Balaban J connectivity index is 2.49. The molecule has 0 amide bonds. The molecule has 0 radical (unpaired) electrons. The van der Waals surface area contributed by atoms with Gasteiger partial charge in [-0.15, -0.1) is 0 Å². The zero-order valence-electron chi connectivity index (χ0n) is 9.44. The monoisotopic (exact) mass is 223 g/mol. The van der Waals surface area contributed by atoms with Gasteiger partial charge in [-0.25, -0.2) is 0 Å². The fraction of sp³-hybridized carbons (Fsp3) is 0.538. The fourth-order valence-corrected chi connectivity index (χ4v) is 2.80. The Kier molecular flexibility index (Phi) is 2.78. The highest BCUT2D eigenvalue weighted by Crippen LogP contribution is 2.39. The summed E-state index contributed by atoms with van der Waals surface area (Å²) in [6, 6.07) is 4.24. The van der Waals surface area contributed by atoms with Crippen molar-refractivity contribution >= 4 is 11.6 Å². The van der Waals surface area contributed by atoms with Crippen LogP contribution in [0.2, 0.25) is 5.02 Å². The summed E-state index contributed by atoms with van der Waals surface area (Å²) in [5.74, 6) is 0. The standard InChI is InChI=1S/C13H18ClN/c1-9-5-6-11(10(2)12(9)14)13(15)7-3-4-8-13/h5-6H,3-4,7-8,15H2,1-2H3. The maximum absolute atomic E-state index is 6.44. The fourth-order valence-electron chi connectivity index (χ4n) is 2.64. The molecule has 0 spiro atoms. The number of aryl methyl sites for hydroxylation is 1. The summed E-state index contributed by atoms with van der Waals surface area (Å²) in [7, 11) is 0. The van der Waals surface area contributed by atoms with Gasteiger partial charge >= 0.3 is 0 Å². The lowest BCUT2D eigenvalue weighted by Crippen LogP contribution is -2.34. The number of hydrogen-bond donors (Lipinski definition) is 1. The van der Waals surface area contributed by atoms with E-state index in [2.05, 4.69) is 19.1 Å². The number of nitrogens with two attached hydrogens (primary N) is 1. The number of benzene rings is 1. The number of rotatable bonds is 1. The van der Waals surface area contributed by atoms with Crippen LogP contribution in [0.25, 0.3) is 0 Å². The maximum atomic E-state index is 6.44. The summed E-state index contributed by atoms with van der Waals surface area (Å²) in [6.45, 7) is 4.12. The third kappa shape index (κ3) is 1.79. The minimum atomic E-state index is -0.124. The highest BCUT2D eigenvalue weighted by Gasteiger charge is 2.32. The Labute approximate surface area is 96.6 Å². The minimum Gasteiger partial charge on any atom is -0.321 e. The quantitative estimate of drug-likeness (QED) is 0.772. The summed E-state index contributed by atoms with van der Waals surface area (Å²) >= 11 is 6.27. The largest absolute Gasteiger partial charge is 0.321 e. The Hall–Kier alpha value is -0.530. The summed E-state index contributed by atoms with van der Waals surface area (Å²) in [5.41, 5.74) is 9.87. The zero-order valence-corrected chi connectivity index (χ0v) is 10.2. The van der Waals surface area contributed by atoms with Gasteiger partial charge in [0.2, 0.25) is 0 Å². The van der Waals surface area contributed by atoms with Gasteiger partial charge in [0.1, 0.15) is 0 Å². The highest BCUT2D eigenvalue weighted by atomic mass is 35.5. The lowest BCUT2D eigenvalue weighted by molar-refractivity contribution is 0.459. The van der Waals surface area contributed by atoms with Crippen molar-refractivity contribution in [1.29, 1.82) is 0 Å². The number of hydrogen-bond acceptors (Lipinski definition) is 1. The molecule has 1 saturated carbocycles. The van der Waals surface area contributed by atoms with Crippen molar-refractivity contribution in [2.24, 2.45) is 5.73 Å². The topological polar surface area (TPSA) is 26.0 Å². The van der Waals surface area contributed by atoms with Crippen LogP contribution < -0.4 is 5.73 Å². The molecule has 0 aliphatic heterocycles. The van der Waals surface area contributed by atoms with E-state index in [-0.39, 0.29) is 5.54 Å². The van der Waals surface area contributed by atoms with Crippen LogP contribution in [0.5, 0.6) is 0 Å². The molecule has 82 valence electrons. The maximum Gasteiger partial charge on any atom is 0.0467 e. The Morgan fingerprint density at radius 3 is 2.40 bits per heavy atom. The summed E-state index contributed by atoms with van der Waals surface area (Å²) in [5, 5.41) is 0.879. The second-order valence-electron chi connectivity index (χ2n) is 4.73. The van der Waals surface area contributed by atoms with Gasteiger partial charge in [0.25, 0.3) is 0 Å². The Bertz CT molecular complexity index is 378. The first-order chi connectivity index (χ1) is 7.04. The molecule has 1 aromatic carbocycles. The Morgan fingerprint density at radius 2 is 1.80 bits per heavy atom. The molecule has 0 bridgehead atoms. The van der Waals surface area contributed by atoms with Gasteiger partial charge < -0.3 is 5.73 Å². The SMILES string of the molecule is Cc1ccc(C2(N)CCCC2)c(C)c1Cl. The van der Waals surface area contributed by atoms with Crippen LogP contribution in [0.1, 0.15) is 42.4 Å². The second-order valence-corrected chi connectivity index (χ2v) is 5.11. The predicted molar refractivity (Wildman–Crippen MR) is 65.3 cm³/mol. The lowest BCUT2D eigenvalue weighted by atomic mass is 9.85. The molecule has 1 aliphatic rings. The predicted octanol–water partition coefficient (Wildman–Crippen LogP) is 3.68. The third-order valence-electron chi connectivity index (χ3n) is 3.61. The molecule has 1 fully saturated rings. The van der Waals surface area contributed by atoms with Gasteiger partial charge in [-0.2, -0.15) is 0 Å². The van der Waals surface area contributed by atoms with E-state index in [1.165, 1.54) is 24.0 Å². The molecule has 1 aliphatic carbocycles. The van der Waals surface area contributed by atoms with Gasteiger partial charge in [0.05, 0.1) is 0 Å². The van der Waals surface area contributed by atoms with Crippen molar-refractivity contribution in [3.63, 3.8) is 0 Å². The van der Waals surface area contributed by atoms with E-state index in [0.717, 1.165) is 23.4 Å². The van der Waals surface area contributed by atoms with Crippen LogP contribution in [0, 0.1) is 13.8 Å². The van der Waals surface area contributed by atoms with E-state index in [4.69, 9.17) is 17.3 Å². The summed E-state index contributed by atoms with van der Waals surface area (Å²) in [4.78, 5) is 0. The molecule has 0 heterocycles. The van der Waals surface area contributed by atoms with Gasteiger partial charge in [-0.05, 0) is 43.4 Å². The first-order valence-corrected chi connectivity index (χ1v) is 5.97. The van der Waals surface area contributed by atoms with Gasteiger partial charge in [0, 0.05) is 10.6 Å². The van der Waals surface area contributed by atoms with Crippen molar-refractivity contribution in [2.75, 3.05) is 0 Å². The molecule has 2 heteroatoms. The van der Waals surface area contributed by atoms with E-state index in [1.807, 2.05) is 6.92 Å². The zero-order chi connectivity index (χ0) is 11.1. The molecule has 0 aromatic heterocycles. The summed E-state index contributed by atoms with van der Waals surface area (Å²) in [6.07, 6.45) is 4.66. The van der Waals surface area contributed by atoms with Crippen LogP contribution in [-0.2, 0) is 5.54 Å². The molecular weight excluding hydrogens is 206 g/mol. The van der Waals surface area contributed by atoms with Crippen LogP contribution in [0.4, 0.5) is 0 Å². The normalized spacial score (nSPS) is 19.5. The average Bonchev–Trinajstić information content (AvgIpc) is 2.62. The first kappa shape index (κ1) is 11.0. The molecule has 0 atom stereocenters. The van der Waals surface area contributed by atoms with E-state index in [9.17, 15) is 0 Å². The molecule has 0 saturated heterocycles. The van der Waals surface area contributed by atoms with E-state index in [0.29, 0.717) is 0 Å². The van der Waals surface area contributed by atoms with Crippen LogP contribution in [0.3, 0.4) is 0 Å². The highest BCUT2D eigenvalue weighted by molar-refractivity contribution is 6.32.